The van der Waals surface area contributed by atoms with E-state index >= 15 is 9.59 Å². The van der Waals surface area contributed by atoms with Crippen LogP contribution in [0.15, 0.2) is 151 Å². The topological polar surface area (TPSA) is 314 Å². The molecule has 3 fully saturated rings. The summed E-state index contributed by atoms with van der Waals surface area (Å²) in [7, 11) is 0. The number of amides is 1. The van der Waals surface area contributed by atoms with E-state index in [-0.39, 0.29) is 45.4 Å². The molecule has 0 radical (unpaired) electrons. The maximum Gasteiger partial charge on any atom is 0.350 e. The number of esters is 5. The largest absolute Gasteiger partial charge is 0.455 e. The molecule has 5 aromatic rings. The summed E-state index contributed by atoms with van der Waals surface area (Å²) < 4.78 is 37.3. The molecule has 1 amide bonds. The highest BCUT2D eigenvalue weighted by Gasteiger charge is 2.78. The van der Waals surface area contributed by atoms with Crippen molar-refractivity contribution in [3.63, 3.8) is 0 Å². The molecule has 0 spiro atoms. The van der Waals surface area contributed by atoms with Gasteiger partial charge in [-0.25, -0.2) is 9.59 Å². The number of Topliss-reactive ketones (excluding diaryl/α,β-unsaturated/α-hetero) is 1. The summed E-state index contributed by atoms with van der Waals surface area (Å²) >= 11 is 0. The Morgan fingerprint density at radius 3 is 1.81 bits per heavy atom. The van der Waals surface area contributed by atoms with Crippen LogP contribution in [0.4, 0.5) is 11.4 Å². The summed E-state index contributed by atoms with van der Waals surface area (Å²) in [5.74, 6) is -9.29. The third-order valence-corrected chi connectivity index (χ3v) is 16.7. The Morgan fingerprint density at radius 1 is 0.735 bits per heavy atom. The lowest BCUT2D eigenvalue weighted by atomic mass is 9.44. The quantitative estimate of drug-likeness (QED) is 0.0291. The van der Waals surface area contributed by atoms with Crippen molar-refractivity contribution in [2.75, 3.05) is 6.61 Å². The number of hydrogen-bond acceptors (Lipinski definition) is 19. The fraction of sp³-hybridized carbons (Fsp3) is 0.361. The van der Waals surface area contributed by atoms with Gasteiger partial charge in [0.2, 0.25) is 6.10 Å². The summed E-state index contributed by atoms with van der Waals surface area (Å²) in [6.45, 7) is 6.26. The molecule has 4 aliphatic rings. The normalized spacial score (nSPS) is 26.5. The summed E-state index contributed by atoms with van der Waals surface area (Å²) in [5, 5.41) is 53.7. The Kier molecular flexibility index (Phi) is 16.3. The number of nitro benzene ring substituents is 2. The molecule has 3 N–H and O–H groups in total. The molecular weight excluding hydrogens is 1080 g/mol. The van der Waals surface area contributed by atoms with Crippen LogP contribution in [0.25, 0.3) is 0 Å². The molecule has 3 aliphatic carbocycles. The maximum absolute atomic E-state index is 16.3. The Hall–Kier alpha value is -8.99. The highest BCUT2D eigenvalue weighted by atomic mass is 16.6. The lowest BCUT2D eigenvalue weighted by molar-refractivity contribution is -0.385. The van der Waals surface area contributed by atoms with E-state index in [0.717, 1.165) is 13.0 Å². The lowest BCUT2D eigenvalue weighted by Gasteiger charge is -2.67. The predicted molar refractivity (Wildman–Crippen MR) is 289 cm³/mol. The highest BCUT2D eigenvalue weighted by molar-refractivity contribution is 5.97. The first-order valence-corrected chi connectivity index (χ1v) is 26.6. The summed E-state index contributed by atoms with van der Waals surface area (Å²) in [6, 6.07) is 32.3. The summed E-state index contributed by atoms with van der Waals surface area (Å²) in [5.41, 5.74) is -9.94. The van der Waals surface area contributed by atoms with Crippen molar-refractivity contribution in [3.05, 3.63) is 199 Å². The third kappa shape index (κ3) is 10.9. The van der Waals surface area contributed by atoms with Crippen molar-refractivity contribution in [3.8, 4) is 0 Å². The Bertz CT molecular complexity index is 3430. The van der Waals surface area contributed by atoms with Gasteiger partial charge in [0.05, 0.1) is 52.3 Å². The predicted octanol–water partition coefficient (Wildman–Crippen LogP) is 6.57. The van der Waals surface area contributed by atoms with Crippen LogP contribution in [0, 0.1) is 37.0 Å². The van der Waals surface area contributed by atoms with Crippen LogP contribution in [0.2, 0.25) is 0 Å². The second-order valence-electron chi connectivity index (χ2n) is 21.8. The molecule has 2 saturated carbocycles. The van der Waals surface area contributed by atoms with E-state index in [4.69, 9.17) is 28.4 Å². The fourth-order valence-corrected chi connectivity index (χ4v) is 12.5. The molecule has 9 rings (SSSR count). The van der Waals surface area contributed by atoms with Crippen LogP contribution < -0.4 is 5.32 Å². The molecule has 11 atom stereocenters. The molecule has 2 bridgehead atoms. The van der Waals surface area contributed by atoms with Gasteiger partial charge in [-0.2, -0.15) is 0 Å². The van der Waals surface area contributed by atoms with E-state index < -0.39 is 159 Å². The molecule has 1 saturated heterocycles. The van der Waals surface area contributed by atoms with Crippen molar-refractivity contribution in [1.82, 2.24) is 5.32 Å². The van der Waals surface area contributed by atoms with Gasteiger partial charge in [0.25, 0.3) is 17.3 Å². The van der Waals surface area contributed by atoms with Gasteiger partial charge in [-0.1, -0.05) is 117 Å². The van der Waals surface area contributed by atoms with Gasteiger partial charge in [0.1, 0.15) is 30.0 Å². The van der Waals surface area contributed by atoms with E-state index in [1.54, 1.807) is 54.6 Å². The van der Waals surface area contributed by atoms with Gasteiger partial charge >= 0.3 is 29.8 Å². The van der Waals surface area contributed by atoms with Crippen LogP contribution in [-0.4, -0.2) is 116 Å². The van der Waals surface area contributed by atoms with Crippen molar-refractivity contribution >= 4 is 52.9 Å². The molecule has 22 nitrogen and oxygen atoms in total. The minimum absolute atomic E-state index is 0.0363. The van der Waals surface area contributed by atoms with Crippen LogP contribution in [0.5, 0.6) is 0 Å². The Labute approximate surface area is 475 Å². The number of ether oxygens (including phenoxy) is 6. The number of fused-ring (bicyclic) bond motifs is 5. The Balaban J connectivity index is 1.23. The zero-order valence-electron chi connectivity index (χ0n) is 45.7. The second-order valence-corrected chi connectivity index (χ2v) is 21.8. The third-order valence-electron chi connectivity index (χ3n) is 16.7. The standard InChI is InChI=1S/C61H59N3O19/c1-34-43(79-57(72)51(81-47(68)30-40-26-16-18-28-42(40)64(76)77)49(36-19-9-6-10-20-36)62-55(70)37-21-11-7-12-22-37)32-61(73)54(82-56(71)38-23-13-8-14-24-38)52-59(5,44(66)31-45-60(52,33-78-45)83-35(2)65)53(69)50(48(34)58(61,3)4)80-46(67)29-39-25-15-17-27-41(39)63(74)75/h6-28,43-45,49-52,54,66,73H,29-33H2,1-5H3,(H,62,70)/t43-,44-,45+,49?,50+,51?,52?,54-,59+,60-,61+/m0/s1. The van der Waals surface area contributed by atoms with Crippen molar-refractivity contribution in [2.24, 2.45) is 16.7 Å². The lowest BCUT2D eigenvalue weighted by Crippen LogP contribution is -2.82. The molecule has 5 aromatic carbocycles. The zero-order valence-corrected chi connectivity index (χ0v) is 45.7. The number of carbonyl (C=O) groups is 7. The molecule has 0 aromatic heterocycles. The number of nitrogens with one attached hydrogen (secondary N) is 1. The number of nitrogens with zero attached hydrogens (tertiary/aromatic N) is 2. The van der Waals surface area contributed by atoms with Crippen LogP contribution in [-0.2, 0) is 65.2 Å². The molecular formula is C61H59N3O19. The van der Waals surface area contributed by atoms with Gasteiger partial charge in [-0.05, 0) is 54.8 Å². The average molecular weight is 1140 g/mol. The number of benzene rings is 5. The monoisotopic (exact) mass is 1140 g/mol. The Morgan fingerprint density at radius 2 is 1.27 bits per heavy atom. The van der Waals surface area contributed by atoms with Crippen LogP contribution in [0.1, 0.15) is 90.9 Å². The number of aliphatic hydroxyl groups is 2. The van der Waals surface area contributed by atoms with Crippen molar-refractivity contribution in [2.45, 2.75) is 114 Å². The van der Waals surface area contributed by atoms with Gasteiger partial charge in [0.15, 0.2) is 17.5 Å². The number of carbonyl (C=O) groups excluding carboxylic acids is 7. The smallest absolute Gasteiger partial charge is 0.350 e. The molecule has 432 valence electrons. The van der Waals surface area contributed by atoms with Crippen molar-refractivity contribution in [1.29, 1.82) is 0 Å². The van der Waals surface area contributed by atoms with E-state index in [0.29, 0.717) is 0 Å². The van der Waals surface area contributed by atoms with Gasteiger partial charge in [-0.15, -0.1) is 0 Å². The first-order chi connectivity index (χ1) is 39.4. The number of nitro groups is 2. The molecule has 22 heteroatoms. The summed E-state index contributed by atoms with van der Waals surface area (Å²) in [6.07, 6.45) is -13.7. The van der Waals surface area contributed by atoms with E-state index in [2.05, 4.69) is 5.32 Å². The first kappa shape index (κ1) is 58.7. The number of hydrogen-bond donors (Lipinski definition) is 3. The highest BCUT2D eigenvalue weighted by Crippen LogP contribution is 2.64. The average Bonchev–Trinajstić information content (AvgIpc) is 0.737. The fourth-order valence-electron chi connectivity index (χ4n) is 12.5. The maximum atomic E-state index is 16.3. The van der Waals surface area contributed by atoms with E-state index in [1.807, 2.05) is 0 Å². The number of rotatable bonds is 17. The molecule has 3 unspecified atom stereocenters. The molecule has 1 heterocycles. The minimum atomic E-state index is -2.66. The van der Waals surface area contributed by atoms with Gasteiger partial charge in [0, 0.05) is 54.0 Å². The molecule has 1 aliphatic heterocycles. The second kappa shape index (κ2) is 23.1. The van der Waals surface area contributed by atoms with Crippen molar-refractivity contribution < 1.29 is 82.0 Å². The number of aliphatic hydroxyl groups excluding tert-OH is 1. The van der Waals surface area contributed by atoms with E-state index in [9.17, 15) is 54.4 Å². The van der Waals surface area contributed by atoms with E-state index in [1.165, 1.54) is 107 Å². The minimum Gasteiger partial charge on any atom is -0.455 e. The van der Waals surface area contributed by atoms with Crippen LogP contribution >= 0.6 is 0 Å². The number of para-hydroxylation sites is 2. The van der Waals surface area contributed by atoms with Crippen LogP contribution in [0.3, 0.4) is 0 Å². The number of ketones is 1. The van der Waals surface area contributed by atoms with Gasteiger partial charge < -0.3 is 44.0 Å². The molecule has 83 heavy (non-hydrogen) atoms. The first-order valence-electron chi connectivity index (χ1n) is 26.6. The zero-order chi connectivity index (χ0) is 59.8. The summed E-state index contributed by atoms with van der Waals surface area (Å²) in [4.78, 5) is 126. The SMILES string of the molecule is CC(=O)O[C@@]12CO[C@@H]1C[C@H](O)[C@@]1(C)C(=O)[C@H](OC(=O)Cc3ccccc3[N+](=O)[O-])C3=C(C)[C@@H](OC(=O)C(OC(=O)Cc4ccccc4[N+](=O)[O-])C(NC(=O)c4ccccc4)c4ccccc4)C[C@@](O)([C@@H](OC(=O)c4ccccc4)C12)C3(C)C. The van der Waals surface area contributed by atoms with Gasteiger partial charge in [-0.3, -0.25) is 44.2 Å².